The van der Waals surface area contributed by atoms with Gasteiger partial charge < -0.3 is 9.32 Å². The van der Waals surface area contributed by atoms with Crippen LogP contribution in [0.15, 0.2) is 46.4 Å². The molecule has 2 atom stereocenters. The summed E-state index contributed by atoms with van der Waals surface area (Å²) >= 11 is 1.36. The number of hydrogen-bond acceptors (Lipinski definition) is 6. The molecule has 6 nitrogen and oxygen atoms in total. The number of nitrogens with zero attached hydrogens (tertiary/aromatic N) is 4. The molecule has 126 valence electrons. The van der Waals surface area contributed by atoms with Gasteiger partial charge in [-0.05, 0) is 25.0 Å². The zero-order chi connectivity index (χ0) is 16.8. The highest BCUT2D eigenvalue weighted by molar-refractivity contribution is 7.99. The van der Waals surface area contributed by atoms with E-state index in [1.165, 1.54) is 11.8 Å². The average molecular weight is 352 g/mol. The lowest BCUT2D eigenvalue weighted by Crippen LogP contribution is -2.43. The molecule has 1 amide bonds. The first-order valence-corrected chi connectivity index (χ1v) is 9.36. The van der Waals surface area contributed by atoms with Crippen LogP contribution in [0.25, 0.3) is 11.1 Å². The molecule has 0 radical (unpaired) electrons. The van der Waals surface area contributed by atoms with Gasteiger partial charge in [-0.1, -0.05) is 23.9 Å². The number of hydrogen-bond donors (Lipinski definition) is 0. The fraction of sp³-hybridized carbons (Fsp3) is 0.333. The number of thioether (sulfide) groups is 1. The number of fused-ring (bicyclic) bond motifs is 5. The first-order chi connectivity index (χ1) is 12.3. The zero-order valence-electron chi connectivity index (χ0n) is 13.5. The van der Waals surface area contributed by atoms with Crippen molar-refractivity contribution in [3.05, 3.63) is 48.0 Å². The number of aromatic nitrogens is 3. The number of amides is 1. The first-order valence-electron chi connectivity index (χ1n) is 8.38. The largest absolute Gasteiger partial charge is 0.431 e. The third-order valence-corrected chi connectivity index (χ3v) is 5.81. The summed E-state index contributed by atoms with van der Waals surface area (Å²) in [6.45, 7) is 0. The monoisotopic (exact) mass is 352 g/mol. The van der Waals surface area contributed by atoms with Crippen LogP contribution in [0.5, 0.6) is 0 Å². The Morgan fingerprint density at radius 2 is 2.24 bits per heavy atom. The van der Waals surface area contributed by atoms with E-state index in [9.17, 15) is 4.79 Å². The number of oxazole rings is 1. The van der Waals surface area contributed by atoms with Gasteiger partial charge in [0.05, 0.1) is 17.5 Å². The van der Waals surface area contributed by atoms with Crippen molar-refractivity contribution in [1.29, 1.82) is 0 Å². The van der Waals surface area contributed by atoms with Crippen molar-refractivity contribution in [3.63, 3.8) is 0 Å². The maximum absolute atomic E-state index is 12.9. The van der Waals surface area contributed by atoms with E-state index in [2.05, 4.69) is 15.0 Å². The Labute approximate surface area is 148 Å². The second-order valence-corrected chi connectivity index (χ2v) is 7.34. The van der Waals surface area contributed by atoms with E-state index >= 15 is 0 Å². The van der Waals surface area contributed by atoms with E-state index in [1.807, 2.05) is 35.4 Å². The minimum Gasteiger partial charge on any atom is -0.431 e. The summed E-state index contributed by atoms with van der Waals surface area (Å²) < 4.78 is 5.69. The van der Waals surface area contributed by atoms with Crippen LogP contribution in [0.1, 0.15) is 30.1 Å². The fourth-order valence-electron chi connectivity index (χ4n) is 3.91. The Morgan fingerprint density at radius 1 is 1.32 bits per heavy atom. The lowest BCUT2D eigenvalue weighted by Gasteiger charge is -2.35. The second-order valence-electron chi connectivity index (χ2n) is 6.41. The molecule has 0 N–H and O–H groups in total. The summed E-state index contributed by atoms with van der Waals surface area (Å²) in [6.07, 6.45) is 6.31. The van der Waals surface area contributed by atoms with Gasteiger partial charge in [-0.15, -0.1) is 0 Å². The summed E-state index contributed by atoms with van der Waals surface area (Å²) in [5, 5.41) is 0.544. The van der Waals surface area contributed by atoms with Gasteiger partial charge >= 0.3 is 0 Å². The highest BCUT2D eigenvalue weighted by Crippen LogP contribution is 2.43. The molecule has 2 aliphatic rings. The molecule has 0 aliphatic carbocycles. The van der Waals surface area contributed by atoms with E-state index in [4.69, 9.17) is 4.42 Å². The van der Waals surface area contributed by atoms with E-state index in [0.717, 1.165) is 41.6 Å². The van der Waals surface area contributed by atoms with Crippen LogP contribution < -0.4 is 0 Å². The van der Waals surface area contributed by atoms with Gasteiger partial charge in [-0.2, -0.15) is 0 Å². The number of para-hydroxylation sites is 2. The minimum absolute atomic E-state index is 0.117. The number of rotatable bonds is 3. The van der Waals surface area contributed by atoms with Crippen molar-refractivity contribution in [3.8, 4) is 0 Å². The summed E-state index contributed by atoms with van der Waals surface area (Å²) in [6, 6.07) is 8.01. The van der Waals surface area contributed by atoms with E-state index < -0.39 is 0 Å². The topological polar surface area (TPSA) is 72.1 Å². The van der Waals surface area contributed by atoms with Gasteiger partial charge in [0.1, 0.15) is 11.8 Å². The van der Waals surface area contributed by atoms with Crippen LogP contribution >= 0.6 is 11.8 Å². The van der Waals surface area contributed by atoms with Gasteiger partial charge in [0, 0.05) is 24.2 Å². The van der Waals surface area contributed by atoms with Crippen molar-refractivity contribution < 1.29 is 9.21 Å². The summed E-state index contributed by atoms with van der Waals surface area (Å²) in [7, 11) is 0. The Morgan fingerprint density at radius 3 is 3.16 bits per heavy atom. The molecule has 1 saturated heterocycles. The van der Waals surface area contributed by atoms with Crippen molar-refractivity contribution in [2.45, 2.75) is 36.6 Å². The standard InChI is InChI=1S/C18H16N4O2S/c23-17(9-25-18-21-13-3-1-2-4-16(13)24-18)22-11-5-6-15(22)12-8-19-10-20-14(12)7-11/h1-4,8,10-11,15H,5-7,9H2. The van der Waals surface area contributed by atoms with Gasteiger partial charge in [0.2, 0.25) is 5.91 Å². The molecule has 5 rings (SSSR count). The minimum atomic E-state index is 0.117. The Balaban J connectivity index is 1.33. The van der Waals surface area contributed by atoms with E-state index in [-0.39, 0.29) is 18.0 Å². The number of carbonyl (C=O) groups is 1. The smallest absolute Gasteiger partial charge is 0.257 e. The van der Waals surface area contributed by atoms with Crippen molar-refractivity contribution in [1.82, 2.24) is 19.9 Å². The average Bonchev–Trinajstić information content (AvgIpc) is 3.20. The van der Waals surface area contributed by atoms with Gasteiger partial charge in [-0.3, -0.25) is 4.79 Å². The molecule has 7 heteroatoms. The lowest BCUT2D eigenvalue weighted by molar-refractivity contribution is -0.131. The molecule has 2 aliphatic heterocycles. The molecule has 25 heavy (non-hydrogen) atoms. The van der Waals surface area contributed by atoms with Crippen LogP contribution in [0.4, 0.5) is 0 Å². The maximum atomic E-state index is 12.9. The molecule has 0 spiro atoms. The second kappa shape index (κ2) is 5.84. The van der Waals surface area contributed by atoms with Crippen LogP contribution in [0, 0.1) is 0 Å². The maximum Gasteiger partial charge on any atom is 0.257 e. The van der Waals surface area contributed by atoms with Gasteiger partial charge in [0.15, 0.2) is 5.58 Å². The number of carbonyl (C=O) groups excluding carboxylic acids is 1. The van der Waals surface area contributed by atoms with E-state index in [1.54, 1.807) is 6.33 Å². The third kappa shape index (κ3) is 2.50. The molecule has 0 saturated carbocycles. The molecule has 2 unspecified atom stereocenters. The number of benzene rings is 1. The molecule has 2 aromatic heterocycles. The van der Waals surface area contributed by atoms with Crippen LogP contribution in [0.2, 0.25) is 0 Å². The molecule has 3 aromatic rings. The molecule has 4 heterocycles. The molecule has 2 bridgehead atoms. The lowest BCUT2D eigenvalue weighted by atomic mass is 9.99. The predicted molar refractivity (Wildman–Crippen MR) is 93.1 cm³/mol. The van der Waals surface area contributed by atoms with Crippen molar-refractivity contribution in [2.75, 3.05) is 5.75 Å². The first kappa shape index (κ1) is 14.9. The third-order valence-electron chi connectivity index (χ3n) is 5.00. The van der Waals surface area contributed by atoms with E-state index in [0.29, 0.717) is 11.0 Å². The summed E-state index contributed by atoms with van der Waals surface area (Å²) in [4.78, 5) is 27.8. The molecule has 1 aromatic carbocycles. The molecular formula is C18H16N4O2S. The van der Waals surface area contributed by atoms with Crippen LogP contribution in [-0.2, 0) is 11.2 Å². The quantitative estimate of drug-likeness (QED) is 0.675. The Hall–Kier alpha value is -2.41. The Kier molecular flexibility index (Phi) is 3.48. The van der Waals surface area contributed by atoms with Gasteiger partial charge in [-0.25, -0.2) is 15.0 Å². The highest BCUT2D eigenvalue weighted by atomic mass is 32.2. The van der Waals surface area contributed by atoms with Crippen LogP contribution in [-0.4, -0.2) is 37.6 Å². The normalized spacial score (nSPS) is 21.5. The summed E-state index contributed by atoms with van der Waals surface area (Å²) in [5.41, 5.74) is 3.78. The Bertz CT molecular complexity index is 924. The predicted octanol–water partition coefficient (Wildman–Crippen LogP) is 3.00. The fourth-order valence-corrected chi connectivity index (χ4v) is 4.62. The van der Waals surface area contributed by atoms with Crippen LogP contribution in [0.3, 0.4) is 0 Å². The SMILES string of the molecule is O=C(CSc1nc2ccccc2o1)N1C2CCC1c1cncnc1C2. The zero-order valence-corrected chi connectivity index (χ0v) is 14.3. The molecular weight excluding hydrogens is 336 g/mol. The van der Waals surface area contributed by atoms with Crippen molar-refractivity contribution >= 4 is 28.8 Å². The highest BCUT2D eigenvalue weighted by Gasteiger charge is 2.43. The van der Waals surface area contributed by atoms with Crippen molar-refractivity contribution in [2.24, 2.45) is 0 Å². The molecule has 1 fully saturated rings. The summed E-state index contributed by atoms with van der Waals surface area (Å²) in [5.74, 6) is 0.470. The van der Waals surface area contributed by atoms with Gasteiger partial charge in [0.25, 0.3) is 5.22 Å².